The molecule has 2 aliphatic heterocycles. The van der Waals surface area contributed by atoms with Gasteiger partial charge in [-0.05, 0) is 127 Å². The summed E-state index contributed by atoms with van der Waals surface area (Å²) in [4.78, 5) is 115. The van der Waals surface area contributed by atoms with Gasteiger partial charge in [0.2, 0.25) is 17.7 Å². The number of aliphatic hydroxyl groups excluding tert-OH is 2. The highest BCUT2D eigenvalue weighted by molar-refractivity contribution is 6.13. The lowest BCUT2D eigenvalue weighted by Crippen LogP contribution is -2.60. The van der Waals surface area contributed by atoms with E-state index in [4.69, 9.17) is 4.74 Å². The fourth-order valence-electron chi connectivity index (χ4n) is 13.7. The molecule has 2 heterocycles. The number of imide groups is 1. The smallest absolute Gasteiger partial charge is 0.411 e. The van der Waals surface area contributed by atoms with Gasteiger partial charge in [0.1, 0.15) is 19.3 Å². The number of hydrogen-bond donors (Lipinski definition) is 7. The normalized spacial score (nSPS) is 27.1. The average Bonchev–Trinajstić information content (AvgIpc) is 4.14. The third-order valence-corrected chi connectivity index (χ3v) is 17.3. The Morgan fingerprint density at radius 1 is 0.844 bits per heavy atom. The van der Waals surface area contributed by atoms with Crippen molar-refractivity contribution in [2.75, 3.05) is 48.3 Å². The second kappa shape index (κ2) is 22.1. The van der Waals surface area contributed by atoms with E-state index in [9.17, 15) is 58.5 Å². The molecular weight excluding hydrogens is 989 g/mol. The maximum Gasteiger partial charge on any atom is 0.411 e. The Kier molecular flexibility index (Phi) is 15.5. The number of hydrogen-bond acceptors (Lipinski definition) is 13. The van der Waals surface area contributed by atoms with Crippen LogP contribution in [0.25, 0.3) is 0 Å². The van der Waals surface area contributed by atoms with Crippen molar-refractivity contribution in [3.63, 3.8) is 0 Å². The third-order valence-electron chi connectivity index (χ3n) is 17.3. The first-order valence-electron chi connectivity index (χ1n) is 26.1. The van der Waals surface area contributed by atoms with Gasteiger partial charge in [0.15, 0.2) is 11.6 Å². The van der Waals surface area contributed by atoms with Gasteiger partial charge in [0.25, 0.3) is 11.8 Å². The molecule has 0 spiro atoms. The predicted octanol–water partition coefficient (Wildman–Crippen LogP) is 4.62. The lowest BCUT2D eigenvalue weighted by atomic mass is 9.44. The number of aliphatic carboxylic acids is 1. The predicted molar refractivity (Wildman–Crippen MR) is 280 cm³/mol. The number of Topliss-reactive ketones (excluding diaryl/α,β-unsaturated/α-hetero) is 1. The molecule has 0 unspecified atom stereocenters. The number of rotatable bonds is 19. The number of anilines is 3. The number of ether oxygens (including phenoxy) is 1. The molecular formula is C58H64N6O13. The number of nitrogens with one attached hydrogen (secondary N) is 4. The number of amides is 6. The maximum atomic E-state index is 14.2. The molecule has 0 radical (unpaired) electrons. The zero-order valence-electron chi connectivity index (χ0n) is 43.0. The van der Waals surface area contributed by atoms with Gasteiger partial charge in [-0.2, -0.15) is 0 Å². The fraction of sp³-hybridized carbons (Fsp3) is 0.431. The molecule has 9 rings (SSSR count). The van der Waals surface area contributed by atoms with Crippen LogP contribution in [0.5, 0.6) is 0 Å². The topological polar surface area (TPSA) is 278 Å². The molecule has 19 nitrogen and oxygen atoms in total. The first kappa shape index (κ1) is 54.0. The van der Waals surface area contributed by atoms with Crippen molar-refractivity contribution < 1.29 is 63.2 Å². The highest BCUT2D eigenvalue weighted by atomic mass is 16.5. The molecule has 1 saturated heterocycles. The molecule has 9 atom stereocenters. The van der Waals surface area contributed by atoms with Gasteiger partial charge in [-0.15, -0.1) is 0 Å². The van der Waals surface area contributed by atoms with Crippen LogP contribution in [-0.2, 0) is 56.1 Å². The van der Waals surface area contributed by atoms with Gasteiger partial charge >= 0.3 is 12.1 Å². The Morgan fingerprint density at radius 3 is 2.29 bits per heavy atom. The summed E-state index contributed by atoms with van der Waals surface area (Å²) in [5.74, 6) is -4.20. The van der Waals surface area contributed by atoms with Crippen LogP contribution in [0.3, 0.4) is 0 Å². The number of benzene rings is 3. The summed E-state index contributed by atoms with van der Waals surface area (Å²) < 4.78 is 5.47. The monoisotopic (exact) mass is 1050 g/mol. The van der Waals surface area contributed by atoms with Crippen LogP contribution in [0.15, 0.2) is 109 Å². The molecule has 0 bridgehead atoms. The van der Waals surface area contributed by atoms with Gasteiger partial charge in [0.05, 0.1) is 18.1 Å². The van der Waals surface area contributed by atoms with Crippen LogP contribution in [0.4, 0.5) is 21.9 Å². The number of aliphatic hydroxyl groups is 2. The van der Waals surface area contributed by atoms with Crippen LogP contribution in [0.2, 0.25) is 0 Å². The van der Waals surface area contributed by atoms with Crippen LogP contribution in [-0.4, -0.2) is 118 Å². The van der Waals surface area contributed by atoms with Crippen molar-refractivity contribution in [1.82, 2.24) is 15.5 Å². The Balaban J connectivity index is 0.745. The zero-order valence-corrected chi connectivity index (χ0v) is 43.0. The number of carbonyl (C=O) groups excluding carboxylic acids is 8. The highest BCUT2D eigenvalue weighted by Crippen LogP contribution is 2.72. The van der Waals surface area contributed by atoms with E-state index >= 15 is 0 Å². The molecule has 6 amide bonds. The van der Waals surface area contributed by atoms with Crippen LogP contribution < -0.4 is 26.2 Å². The largest absolute Gasteiger partial charge is 0.481 e. The van der Waals surface area contributed by atoms with Crippen molar-refractivity contribution >= 4 is 70.2 Å². The van der Waals surface area contributed by atoms with Gasteiger partial charge < -0.3 is 40.9 Å². The number of allylic oxidation sites excluding steroid dienone is 4. The Morgan fingerprint density at radius 2 is 1.57 bits per heavy atom. The van der Waals surface area contributed by atoms with Crippen LogP contribution >= 0.6 is 0 Å². The van der Waals surface area contributed by atoms with Crippen molar-refractivity contribution in [2.24, 2.45) is 39.9 Å². The summed E-state index contributed by atoms with van der Waals surface area (Å²) in [6.07, 6.45) is 8.79. The number of nitrogens with zero attached hydrogens (tertiary/aromatic N) is 2. The summed E-state index contributed by atoms with van der Waals surface area (Å²) in [5, 5.41) is 42.0. The van der Waals surface area contributed by atoms with E-state index < -0.39 is 89.6 Å². The molecule has 19 heteroatoms. The summed E-state index contributed by atoms with van der Waals surface area (Å²) in [5.41, 5.74) is 3.73. The fourth-order valence-corrected chi connectivity index (χ4v) is 13.7. The highest BCUT2D eigenvalue weighted by Gasteiger charge is 2.73. The summed E-state index contributed by atoms with van der Waals surface area (Å²) in [6, 6.07) is 20.7. The quantitative estimate of drug-likeness (QED) is 0.0808. The number of carboxylic acids is 1. The van der Waals surface area contributed by atoms with E-state index in [1.807, 2.05) is 24.3 Å². The number of carboxylic acid groups (broad SMARTS) is 1. The number of fused-ring (bicyclic) bond motifs is 7. The molecule has 4 aliphatic carbocycles. The second-order valence-electron chi connectivity index (χ2n) is 21.7. The lowest BCUT2D eigenvalue weighted by Gasteiger charge is -2.60. The Bertz CT molecular complexity index is 2950. The van der Waals surface area contributed by atoms with Crippen LogP contribution in [0.1, 0.15) is 75.5 Å². The molecule has 3 aromatic rings. The van der Waals surface area contributed by atoms with E-state index in [1.54, 1.807) is 42.5 Å². The van der Waals surface area contributed by atoms with Crippen molar-refractivity contribution in [2.45, 2.75) is 84.0 Å². The van der Waals surface area contributed by atoms with E-state index in [1.165, 1.54) is 0 Å². The molecule has 0 aromatic heterocycles. The minimum atomic E-state index is -1.27. The van der Waals surface area contributed by atoms with Crippen LogP contribution in [0, 0.1) is 39.9 Å². The first-order valence-corrected chi connectivity index (χ1v) is 26.1. The minimum absolute atomic E-state index is 0.00621. The molecule has 4 fully saturated rings. The molecule has 3 aromatic carbocycles. The van der Waals surface area contributed by atoms with E-state index in [0.717, 1.165) is 58.7 Å². The SMILES string of the molecule is C[C@]12C=CC(=O)C=C1CC[C@@H]1[C@@H]2[C@@H](O)C[C@@]2(C)[C@H]1C[C@H]1CN(c3ccc(Cc4cccc(NC(=O)OCc5ccc(NC(=O)[C@H](CCC(=O)O)NC(=O)CNC(=O)CCN6C(=O)C=CC6=O)cc5)c4)cc3)C[C@]12C(=O)CO. The third kappa shape index (κ3) is 11.0. The van der Waals surface area contributed by atoms with E-state index in [0.29, 0.717) is 42.9 Å². The molecule has 404 valence electrons. The average molecular weight is 1050 g/mol. The summed E-state index contributed by atoms with van der Waals surface area (Å²) in [7, 11) is 0. The Hall–Kier alpha value is -7.77. The minimum Gasteiger partial charge on any atom is -0.481 e. The molecule has 3 saturated carbocycles. The Labute approximate surface area is 445 Å². The van der Waals surface area contributed by atoms with Gasteiger partial charge in [-0.1, -0.05) is 61.9 Å². The summed E-state index contributed by atoms with van der Waals surface area (Å²) in [6.45, 7) is 4.09. The summed E-state index contributed by atoms with van der Waals surface area (Å²) >= 11 is 0. The number of carbonyl (C=O) groups is 9. The van der Waals surface area contributed by atoms with Gasteiger partial charge in [0, 0.05) is 73.0 Å². The van der Waals surface area contributed by atoms with Gasteiger partial charge in [-0.25, -0.2) is 4.79 Å². The first-order chi connectivity index (χ1) is 36.8. The molecule has 7 N–H and O–H groups in total. The lowest BCUT2D eigenvalue weighted by molar-refractivity contribution is -0.157. The molecule has 77 heavy (non-hydrogen) atoms. The maximum absolute atomic E-state index is 14.2. The van der Waals surface area contributed by atoms with Crippen molar-refractivity contribution in [3.05, 3.63) is 125 Å². The van der Waals surface area contributed by atoms with Crippen molar-refractivity contribution in [1.29, 1.82) is 0 Å². The van der Waals surface area contributed by atoms with E-state index in [-0.39, 0.29) is 61.2 Å². The number of ketones is 2. The van der Waals surface area contributed by atoms with E-state index in [2.05, 4.69) is 64.3 Å². The second-order valence-corrected chi connectivity index (χ2v) is 21.7. The van der Waals surface area contributed by atoms with Crippen molar-refractivity contribution in [3.8, 4) is 0 Å². The standard InChI is InChI=1S/C58H64N6O13/c1-56-22-20-42(66)26-37(56)10-15-43-44-27-38-30-63(33-58(38,47(68)31-65)57(44,2)28-46(67)53(43)56)41-13-8-34(9-14-41)24-36-4-3-5-40(25-36)61-55(76)77-32-35-6-11-39(12-7-35)60-54(75)45(16-19-52(73)74)62-49(70)29-59-48(69)21-23-64-50(71)17-18-51(64)72/h3-9,11-14,17-18,20,22,25-26,38,43-46,53,65,67H,10,15-16,19,21,23-24,27-33H2,1-2H3,(H,59,69)(H,60,75)(H,61,76)(H,62,70)(H,73,74)/t38-,43-,44-,45-,46-,53+,56-,57-,58+/m0/s1. The molecule has 6 aliphatic rings. The van der Waals surface area contributed by atoms with Gasteiger partial charge in [-0.3, -0.25) is 48.6 Å². The zero-order chi connectivity index (χ0) is 54.8.